The number of rotatable bonds is 5. The Morgan fingerprint density at radius 2 is 1.34 bits per heavy atom. The Hall–Kier alpha value is -1.91. The Bertz CT molecular complexity index is 932. The van der Waals surface area contributed by atoms with Gasteiger partial charge in [0.25, 0.3) is 0 Å². The van der Waals surface area contributed by atoms with E-state index in [2.05, 4.69) is 41.0 Å². The minimum atomic E-state index is -0.186. The molecule has 1 fully saturated rings. The van der Waals surface area contributed by atoms with Crippen LogP contribution < -0.4 is 0 Å². The maximum atomic E-state index is 14.3. The van der Waals surface area contributed by atoms with Crippen LogP contribution in [0.5, 0.6) is 0 Å². The zero-order valence-electron chi connectivity index (χ0n) is 16.3. The van der Waals surface area contributed by atoms with Crippen LogP contribution in [0.4, 0.5) is 4.39 Å². The number of benzene rings is 3. The molecule has 4 rings (SSSR count). The van der Waals surface area contributed by atoms with Crippen LogP contribution in [0.2, 0.25) is 10.0 Å². The molecule has 1 saturated heterocycles. The van der Waals surface area contributed by atoms with E-state index in [0.29, 0.717) is 22.2 Å². The summed E-state index contributed by atoms with van der Waals surface area (Å²) in [5.74, 6) is -0.186. The lowest BCUT2D eigenvalue weighted by molar-refractivity contribution is 0.125. The van der Waals surface area contributed by atoms with E-state index >= 15 is 0 Å². The first-order valence-electron chi connectivity index (χ1n) is 9.74. The second-order valence-corrected chi connectivity index (χ2v) is 8.28. The smallest absolute Gasteiger partial charge is 0.127 e. The predicted octanol–water partition coefficient (Wildman–Crippen LogP) is 6.46. The molecule has 0 N–H and O–H groups in total. The highest BCUT2D eigenvalue weighted by Gasteiger charge is 2.36. The van der Waals surface area contributed by atoms with Crippen molar-refractivity contribution in [3.8, 4) is 0 Å². The van der Waals surface area contributed by atoms with E-state index in [0.717, 1.165) is 25.2 Å². The molecule has 150 valence electrons. The molecule has 0 aliphatic carbocycles. The molecular weight excluding hydrogens is 406 g/mol. The molecule has 5 heteroatoms. The van der Waals surface area contributed by atoms with E-state index in [1.165, 1.54) is 17.2 Å². The van der Waals surface area contributed by atoms with Crippen LogP contribution in [0.1, 0.15) is 28.4 Å². The molecule has 0 amide bonds. The van der Waals surface area contributed by atoms with E-state index in [1.54, 1.807) is 6.07 Å². The number of aryl methyl sites for hydroxylation is 1. The molecule has 1 aliphatic rings. The van der Waals surface area contributed by atoms with Crippen molar-refractivity contribution in [2.45, 2.75) is 26.2 Å². The Morgan fingerprint density at radius 3 is 1.97 bits per heavy atom. The second-order valence-electron chi connectivity index (χ2n) is 7.47. The molecule has 0 aromatic heterocycles. The third kappa shape index (κ3) is 4.34. The van der Waals surface area contributed by atoms with Crippen LogP contribution in [0, 0.1) is 12.7 Å². The molecule has 3 aromatic carbocycles. The minimum absolute atomic E-state index is 0.115. The third-order valence-electron chi connectivity index (χ3n) is 5.59. The summed E-state index contributed by atoms with van der Waals surface area (Å²) < 4.78 is 14.3. The van der Waals surface area contributed by atoms with Crippen molar-refractivity contribution in [3.63, 3.8) is 0 Å². The molecule has 2 nitrogen and oxygen atoms in total. The van der Waals surface area contributed by atoms with Gasteiger partial charge in [-0.3, -0.25) is 9.80 Å². The van der Waals surface area contributed by atoms with Crippen LogP contribution in [-0.2, 0) is 13.1 Å². The summed E-state index contributed by atoms with van der Waals surface area (Å²) in [4.78, 5) is 4.63. The molecule has 1 aliphatic heterocycles. The predicted molar refractivity (Wildman–Crippen MR) is 118 cm³/mol. The first-order valence-corrected chi connectivity index (χ1v) is 10.5. The van der Waals surface area contributed by atoms with Crippen molar-refractivity contribution in [3.05, 3.63) is 105 Å². The van der Waals surface area contributed by atoms with Gasteiger partial charge in [0.05, 0.1) is 6.17 Å². The minimum Gasteiger partial charge on any atom is -0.278 e. The molecule has 1 heterocycles. The van der Waals surface area contributed by atoms with Gasteiger partial charge in [-0.2, -0.15) is 0 Å². The third-order valence-corrected chi connectivity index (χ3v) is 6.25. The number of hydrogen-bond acceptors (Lipinski definition) is 2. The average Bonchev–Trinajstić information content (AvgIpc) is 3.07. The van der Waals surface area contributed by atoms with Crippen LogP contribution in [-0.4, -0.2) is 22.9 Å². The first kappa shape index (κ1) is 20.4. The Labute approximate surface area is 181 Å². The van der Waals surface area contributed by atoms with Crippen molar-refractivity contribution in [1.82, 2.24) is 9.80 Å². The van der Waals surface area contributed by atoms with Crippen molar-refractivity contribution >= 4 is 23.2 Å². The fourth-order valence-corrected chi connectivity index (χ4v) is 4.63. The van der Waals surface area contributed by atoms with Gasteiger partial charge in [0.2, 0.25) is 0 Å². The van der Waals surface area contributed by atoms with Crippen molar-refractivity contribution < 1.29 is 4.39 Å². The van der Waals surface area contributed by atoms with Crippen LogP contribution in [0.25, 0.3) is 0 Å². The van der Waals surface area contributed by atoms with Gasteiger partial charge in [0.1, 0.15) is 5.82 Å². The summed E-state index contributed by atoms with van der Waals surface area (Å²) in [5.41, 5.74) is 4.09. The van der Waals surface area contributed by atoms with Gasteiger partial charge in [-0.05, 0) is 36.2 Å². The topological polar surface area (TPSA) is 6.48 Å². The zero-order chi connectivity index (χ0) is 20.4. The van der Waals surface area contributed by atoms with E-state index in [1.807, 2.05) is 30.3 Å². The van der Waals surface area contributed by atoms with Crippen molar-refractivity contribution in [2.75, 3.05) is 13.1 Å². The highest BCUT2D eigenvalue weighted by atomic mass is 35.5. The number of halogens is 3. The van der Waals surface area contributed by atoms with Crippen molar-refractivity contribution in [2.24, 2.45) is 0 Å². The molecule has 29 heavy (non-hydrogen) atoms. The summed E-state index contributed by atoms with van der Waals surface area (Å²) in [6, 6.07) is 20.9. The Kier molecular flexibility index (Phi) is 6.21. The molecule has 1 atom stereocenters. The summed E-state index contributed by atoms with van der Waals surface area (Å²) in [7, 11) is 0. The molecule has 0 radical (unpaired) electrons. The molecule has 1 unspecified atom stereocenters. The van der Waals surface area contributed by atoms with Gasteiger partial charge in [-0.15, -0.1) is 0 Å². The van der Waals surface area contributed by atoms with Gasteiger partial charge in [0.15, 0.2) is 0 Å². The van der Waals surface area contributed by atoms with Crippen molar-refractivity contribution in [1.29, 1.82) is 0 Å². The van der Waals surface area contributed by atoms with E-state index < -0.39 is 0 Å². The lowest BCUT2D eigenvalue weighted by atomic mass is 10.1. The lowest BCUT2D eigenvalue weighted by Crippen LogP contribution is -2.31. The van der Waals surface area contributed by atoms with E-state index in [4.69, 9.17) is 23.2 Å². The molecular formula is C24H23Cl2FN2. The van der Waals surface area contributed by atoms with Crippen LogP contribution >= 0.6 is 23.2 Å². The highest BCUT2D eigenvalue weighted by molar-refractivity contribution is 6.36. The van der Waals surface area contributed by atoms with Crippen LogP contribution in [0.3, 0.4) is 0 Å². The van der Waals surface area contributed by atoms with Crippen LogP contribution in [0.15, 0.2) is 66.7 Å². The van der Waals surface area contributed by atoms with Gasteiger partial charge < -0.3 is 0 Å². The van der Waals surface area contributed by atoms with Gasteiger partial charge in [-0.1, -0.05) is 71.7 Å². The molecule has 0 saturated carbocycles. The lowest BCUT2D eigenvalue weighted by Gasteiger charge is -2.32. The monoisotopic (exact) mass is 428 g/mol. The maximum absolute atomic E-state index is 14.3. The fourth-order valence-electron chi connectivity index (χ4n) is 4.04. The molecule has 0 spiro atoms. The quantitative estimate of drug-likeness (QED) is 0.460. The first-order chi connectivity index (χ1) is 14.0. The summed E-state index contributed by atoms with van der Waals surface area (Å²) in [6.07, 6.45) is -0.115. The normalized spacial score (nSPS) is 17.7. The maximum Gasteiger partial charge on any atom is 0.127 e. The Morgan fingerprint density at radius 1 is 0.793 bits per heavy atom. The summed E-state index contributed by atoms with van der Waals surface area (Å²) >= 11 is 13.2. The van der Waals surface area contributed by atoms with Gasteiger partial charge in [-0.25, -0.2) is 4.39 Å². The Balaban J connectivity index is 1.70. The fraction of sp³-hybridized carbons (Fsp3) is 0.250. The number of nitrogens with zero attached hydrogens (tertiary/aromatic N) is 2. The second kappa shape index (κ2) is 8.85. The SMILES string of the molecule is Cc1ccccc1CN1CCN(Cc2ccccc2F)C1c1c(Cl)cccc1Cl. The largest absolute Gasteiger partial charge is 0.278 e. The van der Waals surface area contributed by atoms with E-state index in [9.17, 15) is 4.39 Å². The zero-order valence-corrected chi connectivity index (χ0v) is 17.8. The van der Waals surface area contributed by atoms with E-state index in [-0.39, 0.29) is 12.0 Å². The average molecular weight is 429 g/mol. The summed E-state index contributed by atoms with van der Waals surface area (Å²) in [5, 5.41) is 1.27. The number of hydrogen-bond donors (Lipinski definition) is 0. The summed E-state index contributed by atoms with van der Waals surface area (Å²) in [6.45, 7) is 5.08. The van der Waals surface area contributed by atoms with Gasteiger partial charge >= 0.3 is 0 Å². The standard InChI is InChI=1S/C24H23Cl2FN2/c1-17-7-2-3-8-18(17)15-28-13-14-29(16-19-9-4-5-12-22(19)27)24(28)23-20(25)10-6-11-21(23)26/h2-12,24H,13-16H2,1H3. The molecule has 3 aromatic rings. The van der Waals surface area contributed by atoms with Gasteiger partial charge in [0, 0.05) is 47.4 Å². The highest BCUT2D eigenvalue weighted by Crippen LogP contribution is 2.40. The molecule has 0 bridgehead atoms.